The van der Waals surface area contributed by atoms with Crippen LogP contribution in [0, 0.1) is 0 Å². The highest BCUT2D eigenvalue weighted by Gasteiger charge is 2.17. The second kappa shape index (κ2) is 6.75. The van der Waals surface area contributed by atoms with Gasteiger partial charge in [0.05, 0.1) is 18.6 Å². The zero-order valence-electron chi connectivity index (χ0n) is 12.6. The van der Waals surface area contributed by atoms with Crippen molar-refractivity contribution in [1.29, 1.82) is 0 Å². The maximum atomic E-state index is 12.3. The lowest BCUT2D eigenvalue weighted by molar-refractivity contribution is -0.113. The number of fused-ring (bicyclic) bond motifs is 1. The van der Waals surface area contributed by atoms with Crippen LogP contribution < -0.4 is 15.4 Å². The van der Waals surface area contributed by atoms with Crippen molar-refractivity contribution in [1.82, 2.24) is 5.32 Å². The largest absolute Gasteiger partial charge is 0.497 e. The van der Waals surface area contributed by atoms with Gasteiger partial charge in [-0.1, -0.05) is 12.1 Å². The fraction of sp³-hybridized carbons (Fsp3) is 0.176. The third-order valence-corrected chi connectivity index (χ3v) is 4.54. The number of carbonyl (C=O) groups is 2. The van der Waals surface area contributed by atoms with E-state index in [4.69, 9.17) is 4.74 Å². The van der Waals surface area contributed by atoms with E-state index in [1.165, 1.54) is 11.8 Å². The average Bonchev–Trinajstić information content (AvgIpc) is 2.59. The van der Waals surface area contributed by atoms with Crippen LogP contribution in [-0.2, 0) is 11.3 Å². The minimum absolute atomic E-state index is 0.0450. The summed E-state index contributed by atoms with van der Waals surface area (Å²) >= 11 is 1.47. The molecule has 0 atom stereocenters. The second-order valence-electron chi connectivity index (χ2n) is 5.08. The zero-order chi connectivity index (χ0) is 16.2. The Hall–Kier alpha value is -2.47. The normalized spacial score (nSPS) is 13.0. The van der Waals surface area contributed by atoms with Gasteiger partial charge in [0.15, 0.2) is 0 Å². The summed E-state index contributed by atoms with van der Waals surface area (Å²) in [4.78, 5) is 24.7. The highest BCUT2D eigenvalue weighted by molar-refractivity contribution is 8.00. The first kappa shape index (κ1) is 15.4. The van der Waals surface area contributed by atoms with Crippen molar-refractivity contribution >= 4 is 29.3 Å². The number of methoxy groups -OCH3 is 1. The van der Waals surface area contributed by atoms with Crippen LogP contribution in [0.25, 0.3) is 0 Å². The summed E-state index contributed by atoms with van der Waals surface area (Å²) in [5.74, 6) is 0.941. The molecule has 0 saturated carbocycles. The van der Waals surface area contributed by atoms with Crippen molar-refractivity contribution < 1.29 is 14.3 Å². The van der Waals surface area contributed by atoms with Gasteiger partial charge in [0.1, 0.15) is 5.75 Å². The van der Waals surface area contributed by atoms with Crippen LogP contribution in [0.1, 0.15) is 15.9 Å². The maximum absolute atomic E-state index is 12.3. The van der Waals surface area contributed by atoms with Gasteiger partial charge in [-0.15, -0.1) is 11.8 Å². The van der Waals surface area contributed by atoms with Crippen molar-refractivity contribution in [3.63, 3.8) is 0 Å². The first-order valence-electron chi connectivity index (χ1n) is 7.13. The molecule has 0 unspecified atom stereocenters. The van der Waals surface area contributed by atoms with Gasteiger partial charge in [0.2, 0.25) is 5.91 Å². The summed E-state index contributed by atoms with van der Waals surface area (Å²) in [6.45, 7) is 0.411. The van der Waals surface area contributed by atoms with E-state index in [1.807, 2.05) is 30.3 Å². The Balaban J connectivity index is 1.68. The molecule has 0 fully saturated rings. The number of ether oxygens (including phenoxy) is 1. The van der Waals surface area contributed by atoms with Crippen molar-refractivity contribution in [2.75, 3.05) is 18.2 Å². The molecule has 1 aliphatic heterocycles. The molecule has 118 valence electrons. The molecule has 2 N–H and O–H groups in total. The molecule has 2 amide bonds. The lowest BCUT2D eigenvalue weighted by Gasteiger charge is -2.17. The second-order valence-corrected chi connectivity index (χ2v) is 6.10. The summed E-state index contributed by atoms with van der Waals surface area (Å²) in [5, 5.41) is 5.66. The Kier molecular flexibility index (Phi) is 4.52. The third-order valence-electron chi connectivity index (χ3n) is 3.46. The fourth-order valence-electron chi connectivity index (χ4n) is 2.29. The predicted octanol–water partition coefficient (Wildman–Crippen LogP) is 2.67. The van der Waals surface area contributed by atoms with Gasteiger partial charge in [-0.05, 0) is 35.9 Å². The summed E-state index contributed by atoms with van der Waals surface area (Å²) in [6, 6.07) is 12.9. The van der Waals surface area contributed by atoms with E-state index in [-0.39, 0.29) is 11.8 Å². The first-order chi connectivity index (χ1) is 11.2. The molecule has 1 heterocycles. The van der Waals surface area contributed by atoms with Gasteiger partial charge in [0, 0.05) is 17.0 Å². The van der Waals surface area contributed by atoms with Crippen molar-refractivity contribution in [2.24, 2.45) is 0 Å². The van der Waals surface area contributed by atoms with E-state index in [1.54, 1.807) is 19.2 Å². The number of anilines is 1. The Morgan fingerprint density at radius 1 is 1.30 bits per heavy atom. The van der Waals surface area contributed by atoms with Gasteiger partial charge in [-0.3, -0.25) is 9.59 Å². The number of hydrogen-bond acceptors (Lipinski definition) is 4. The highest BCUT2D eigenvalue weighted by Crippen LogP contribution is 2.31. The molecule has 5 nitrogen and oxygen atoms in total. The fourth-order valence-corrected chi connectivity index (χ4v) is 3.08. The van der Waals surface area contributed by atoms with Gasteiger partial charge in [-0.25, -0.2) is 0 Å². The molecule has 6 heteroatoms. The monoisotopic (exact) mass is 328 g/mol. The molecule has 2 aromatic rings. The van der Waals surface area contributed by atoms with E-state index in [9.17, 15) is 9.59 Å². The van der Waals surface area contributed by atoms with E-state index < -0.39 is 0 Å². The van der Waals surface area contributed by atoms with Crippen LogP contribution in [0.4, 0.5) is 5.69 Å². The van der Waals surface area contributed by atoms with E-state index in [0.717, 1.165) is 16.2 Å². The van der Waals surface area contributed by atoms with Crippen molar-refractivity contribution in [3.05, 3.63) is 53.6 Å². The number of benzene rings is 2. The van der Waals surface area contributed by atoms with Crippen molar-refractivity contribution in [2.45, 2.75) is 11.4 Å². The topological polar surface area (TPSA) is 67.4 Å². The Bertz CT molecular complexity index is 761. The molecule has 0 aromatic heterocycles. The lowest BCUT2D eigenvalue weighted by atomic mass is 10.1. The maximum Gasteiger partial charge on any atom is 0.251 e. The van der Waals surface area contributed by atoms with E-state index in [0.29, 0.717) is 23.5 Å². The quantitative estimate of drug-likeness (QED) is 0.905. The third kappa shape index (κ3) is 3.65. The molecular weight excluding hydrogens is 312 g/mol. The molecule has 0 aliphatic carbocycles. The molecule has 0 radical (unpaired) electrons. The molecule has 0 bridgehead atoms. The van der Waals surface area contributed by atoms with Gasteiger partial charge in [-0.2, -0.15) is 0 Å². The minimum atomic E-state index is -0.180. The Labute approximate surface area is 138 Å². The highest BCUT2D eigenvalue weighted by atomic mass is 32.2. The van der Waals surface area contributed by atoms with Crippen LogP contribution in [0.15, 0.2) is 47.4 Å². The average molecular weight is 328 g/mol. The number of nitrogens with one attached hydrogen (secondary N) is 2. The predicted molar refractivity (Wildman–Crippen MR) is 90.0 cm³/mol. The summed E-state index contributed by atoms with van der Waals surface area (Å²) in [7, 11) is 1.61. The molecule has 1 aliphatic rings. The number of hydrogen-bond donors (Lipinski definition) is 2. The smallest absolute Gasteiger partial charge is 0.251 e. The molecular formula is C17H16N2O3S. The van der Waals surface area contributed by atoms with Crippen LogP contribution in [0.2, 0.25) is 0 Å². The Morgan fingerprint density at radius 2 is 2.17 bits per heavy atom. The minimum Gasteiger partial charge on any atom is -0.497 e. The summed E-state index contributed by atoms with van der Waals surface area (Å²) in [5.41, 5.74) is 2.18. The Morgan fingerprint density at radius 3 is 3.00 bits per heavy atom. The first-order valence-corrected chi connectivity index (χ1v) is 8.12. The molecule has 0 saturated heterocycles. The number of carbonyl (C=O) groups excluding carboxylic acids is 2. The summed E-state index contributed by atoms with van der Waals surface area (Å²) in [6.07, 6.45) is 0. The lowest BCUT2D eigenvalue weighted by Crippen LogP contribution is -2.24. The van der Waals surface area contributed by atoms with E-state index in [2.05, 4.69) is 10.6 Å². The number of amides is 2. The molecule has 23 heavy (non-hydrogen) atoms. The standard InChI is InChI=1S/C17H16N2O3S/c1-22-13-4-2-3-11(7-13)9-18-17(21)12-5-6-15-14(8-12)19-16(20)10-23-15/h2-8H,9-10H2,1H3,(H,18,21)(H,19,20). The molecule has 2 aromatic carbocycles. The zero-order valence-corrected chi connectivity index (χ0v) is 13.4. The van der Waals surface area contributed by atoms with Crippen LogP contribution in [0.3, 0.4) is 0 Å². The van der Waals surface area contributed by atoms with Crippen molar-refractivity contribution in [3.8, 4) is 5.75 Å². The van der Waals surface area contributed by atoms with E-state index >= 15 is 0 Å². The summed E-state index contributed by atoms with van der Waals surface area (Å²) < 4.78 is 5.16. The van der Waals surface area contributed by atoms with Crippen LogP contribution in [0.5, 0.6) is 5.75 Å². The SMILES string of the molecule is COc1cccc(CNC(=O)c2ccc3c(c2)NC(=O)CS3)c1. The van der Waals surface area contributed by atoms with Crippen LogP contribution in [-0.4, -0.2) is 24.7 Å². The van der Waals surface area contributed by atoms with Gasteiger partial charge >= 0.3 is 0 Å². The number of thioether (sulfide) groups is 1. The number of rotatable bonds is 4. The molecule has 3 rings (SSSR count). The van der Waals surface area contributed by atoms with Crippen LogP contribution >= 0.6 is 11.8 Å². The van der Waals surface area contributed by atoms with Gasteiger partial charge < -0.3 is 15.4 Å². The molecule has 0 spiro atoms. The van der Waals surface area contributed by atoms with Gasteiger partial charge in [0.25, 0.3) is 5.91 Å².